The number of amides is 1. The minimum atomic E-state index is -0.0211. The Hall–Kier alpha value is -3.09. The van der Waals surface area contributed by atoms with E-state index >= 15 is 0 Å². The molecule has 0 saturated carbocycles. The van der Waals surface area contributed by atoms with Crippen LogP contribution in [0.2, 0.25) is 0 Å². The van der Waals surface area contributed by atoms with E-state index < -0.39 is 0 Å². The molecule has 0 unspecified atom stereocenters. The molecule has 0 bridgehead atoms. The minimum absolute atomic E-state index is 0.0211. The van der Waals surface area contributed by atoms with E-state index in [9.17, 15) is 4.79 Å². The topological polar surface area (TPSA) is 76.8 Å². The van der Waals surface area contributed by atoms with Gasteiger partial charge in [0.05, 0.1) is 5.56 Å². The van der Waals surface area contributed by atoms with Gasteiger partial charge in [0.25, 0.3) is 5.91 Å². The van der Waals surface area contributed by atoms with E-state index in [1.54, 1.807) is 12.4 Å². The molecule has 7 nitrogen and oxygen atoms in total. The number of carbonyl (C=O) groups is 1. The van der Waals surface area contributed by atoms with E-state index in [1.165, 1.54) is 5.56 Å². The van der Waals surface area contributed by atoms with Crippen LogP contribution in [0, 0.1) is 0 Å². The Morgan fingerprint density at radius 1 is 1.00 bits per heavy atom. The third kappa shape index (κ3) is 3.93. The van der Waals surface area contributed by atoms with Crippen LogP contribution in [-0.2, 0) is 32.2 Å². The molecule has 1 aliphatic heterocycles. The fourth-order valence-electron chi connectivity index (χ4n) is 3.50. The smallest absolute Gasteiger partial charge is 0.257 e. The van der Waals surface area contributed by atoms with Crippen LogP contribution in [0.5, 0.6) is 0 Å². The lowest BCUT2D eigenvalue weighted by molar-refractivity contribution is 0.0757. The van der Waals surface area contributed by atoms with Gasteiger partial charge in [0.2, 0.25) is 0 Å². The maximum Gasteiger partial charge on any atom is 0.257 e. The molecule has 28 heavy (non-hydrogen) atoms. The first-order valence-corrected chi connectivity index (χ1v) is 9.79. The average molecular weight is 376 g/mol. The van der Waals surface area contributed by atoms with Gasteiger partial charge in [0.1, 0.15) is 17.5 Å². The number of rotatable bonds is 5. The van der Waals surface area contributed by atoms with Crippen molar-refractivity contribution in [2.75, 3.05) is 13.1 Å². The second-order valence-electron chi connectivity index (χ2n) is 6.95. The number of aromatic nitrogens is 5. The molecule has 3 aromatic rings. The molecular formula is C21H24N6O. The predicted octanol–water partition coefficient (Wildman–Crippen LogP) is 2.11. The summed E-state index contributed by atoms with van der Waals surface area (Å²) < 4.78 is 2.17. The summed E-state index contributed by atoms with van der Waals surface area (Å²) in [4.78, 5) is 23.2. The fraction of sp³-hybridized carbons (Fsp3) is 0.381. The Balaban J connectivity index is 1.42. The monoisotopic (exact) mass is 376 g/mol. The quantitative estimate of drug-likeness (QED) is 0.682. The largest absolute Gasteiger partial charge is 0.336 e. The number of aryl methyl sites for hydroxylation is 3. The Labute approximate surface area is 164 Å². The molecule has 0 aliphatic carbocycles. The number of nitrogens with zero attached hydrogens (tertiary/aromatic N) is 6. The molecule has 2 aromatic heterocycles. The van der Waals surface area contributed by atoms with E-state index in [-0.39, 0.29) is 5.91 Å². The normalized spacial score (nSPS) is 13.8. The Morgan fingerprint density at radius 3 is 2.54 bits per heavy atom. The van der Waals surface area contributed by atoms with Gasteiger partial charge < -0.3 is 9.47 Å². The van der Waals surface area contributed by atoms with Gasteiger partial charge in [-0.3, -0.25) is 4.79 Å². The van der Waals surface area contributed by atoms with Crippen LogP contribution in [0.1, 0.15) is 40.3 Å². The minimum Gasteiger partial charge on any atom is -0.336 e. The first-order chi connectivity index (χ1) is 13.7. The number of hydrogen-bond donors (Lipinski definition) is 0. The first kappa shape index (κ1) is 18.3. The Kier molecular flexibility index (Phi) is 5.41. The van der Waals surface area contributed by atoms with Crippen LogP contribution in [-0.4, -0.2) is 48.6 Å². The zero-order valence-electron chi connectivity index (χ0n) is 16.1. The van der Waals surface area contributed by atoms with Crippen molar-refractivity contribution in [2.24, 2.45) is 0 Å². The van der Waals surface area contributed by atoms with E-state index in [4.69, 9.17) is 0 Å². The summed E-state index contributed by atoms with van der Waals surface area (Å²) in [6.07, 6.45) is 6.50. The summed E-state index contributed by atoms with van der Waals surface area (Å²) >= 11 is 0. The highest BCUT2D eigenvalue weighted by molar-refractivity contribution is 5.93. The Bertz CT molecular complexity index is 935. The number of carbonyl (C=O) groups excluding carboxylic acids is 1. The van der Waals surface area contributed by atoms with Gasteiger partial charge in [-0.15, -0.1) is 10.2 Å². The molecule has 0 fully saturated rings. The predicted molar refractivity (Wildman–Crippen MR) is 105 cm³/mol. The molecule has 4 rings (SSSR count). The summed E-state index contributed by atoms with van der Waals surface area (Å²) in [7, 11) is 0. The standard InChI is InChI=1S/C21H24N6O/c1-2-18-22-14-17(15-23-18)21(28)26-11-10-20-25-24-19(27(20)13-12-26)9-8-16-6-4-3-5-7-16/h3-7,14-15H,2,8-13H2,1H3. The van der Waals surface area contributed by atoms with Crippen LogP contribution in [0.25, 0.3) is 0 Å². The second kappa shape index (κ2) is 8.29. The molecule has 0 spiro atoms. The lowest BCUT2D eigenvalue weighted by Gasteiger charge is -2.20. The molecular weight excluding hydrogens is 352 g/mol. The van der Waals surface area contributed by atoms with Gasteiger partial charge in [-0.05, 0) is 12.0 Å². The molecule has 1 amide bonds. The van der Waals surface area contributed by atoms with Gasteiger partial charge in [0, 0.05) is 51.3 Å². The van der Waals surface area contributed by atoms with Crippen molar-refractivity contribution in [2.45, 2.75) is 39.2 Å². The summed E-state index contributed by atoms with van der Waals surface area (Å²) in [5.74, 6) is 2.67. The maximum absolute atomic E-state index is 12.8. The molecule has 0 radical (unpaired) electrons. The van der Waals surface area contributed by atoms with Crippen molar-refractivity contribution in [1.29, 1.82) is 0 Å². The summed E-state index contributed by atoms with van der Waals surface area (Å²) in [6.45, 7) is 3.98. The van der Waals surface area contributed by atoms with Crippen molar-refractivity contribution in [3.63, 3.8) is 0 Å². The highest BCUT2D eigenvalue weighted by Crippen LogP contribution is 2.14. The van der Waals surface area contributed by atoms with Crippen molar-refractivity contribution < 1.29 is 4.79 Å². The average Bonchev–Trinajstić information content (AvgIpc) is 3.01. The van der Waals surface area contributed by atoms with Crippen molar-refractivity contribution in [1.82, 2.24) is 29.6 Å². The third-order valence-corrected chi connectivity index (χ3v) is 5.14. The maximum atomic E-state index is 12.8. The van der Waals surface area contributed by atoms with E-state index in [2.05, 4.69) is 49.0 Å². The summed E-state index contributed by atoms with van der Waals surface area (Å²) in [5.41, 5.74) is 1.83. The van der Waals surface area contributed by atoms with Gasteiger partial charge >= 0.3 is 0 Å². The second-order valence-corrected chi connectivity index (χ2v) is 6.95. The van der Waals surface area contributed by atoms with Crippen molar-refractivity contribution >= 4 is 5.91 Å². The number of fused-ring (bicyclic) bond motifs is 1. The van der Waals surface area contributed by atoms with Gasteiger partial charge in [-0.2, -0.15) is 0 Å². The highest BCUT2D eigenvalue weighted by Gasteiger charge is 2.23. The molecule has 1 aromatic carbocycles. The number of hydrogen-bond acceptors (Lipinski definition) is 5. The molecule has 3 heterocycles. The SMILES string of the molecule is CCc1ncc(C(=O)N2CCc3nnc(CCc4ccccc4)n3CC2)cn1. The lowest BCUT2D eigenvalue weighted by Crippen LogP contribution is -2.34. The van der Waals surface area contributed by atoms with E-state index in [1.807, 2.05) is 17.9 Å². The third-order valence-electron chi connectivity index (χ3n) is 5.14. The van der Waals surface area contributed by atoms with Crippen LogP contribution in [0.4, 0.5) is 0 Å². The van der Waals surface area contributed by atoms with Gasteiger partial charge in [-0.25, -0.2) is 9.97 Å². The molecule has 7 heteroatoms. The summed E-state index contributed by atoms with van der Waals surface area (Å²) in [6, 6.07) is 10.4. The van der Waals surface area contributed by atoms with Crippen molar-refractivity contribution in [3.8, 4) is 0 Å². The molecule has 1 aliphatic rings. The Morgan fingerprint density at radius 2 is 1.79 bits per heavy atom. The van der Waals surface area contributed by atoms with Crippen LogP contribution in [0.3, 0.4) is 0 Å². The first-order valence-electron chi connectivity index (χ1n) is 9.79. The highest BCUT2D eigenvalue weighted by atomic mass is 16.2. The zero-order chi connectivity index (χ0) is 19.3. The molecule has 0 saturated heterocycles. The molecule has 144 valence electrons. The lowest BCUT2D eigenvalue weighted by atomic mass is 10.1. The van der Waals surface area contributed by atoms with Crippen LogP contribution < -0.4 is 0 Å². The van der Waals surface area contributed by atoms with Crippen LogP contribution >= 0.6 is 0 Å². The number of benzene rings is 1. The van der Waals surface area contributed by atoms with Crippen LogP contribution in [0.15, 0.2) is 42.7 Å². The van der Waals surface area contributed by atoms with Gasteiger partial charge in [0.15, 0.2) is 0 Å². The van der Waals surface area contributed by atoms with Gasteiger partial charge in [-0.1, -0.05) is 37.3 Å². The summed E-state index contributed by atoms with van der Waals surface area (Å²) in [5, 5.41) is 8.76. The molecule has 0 atom stereocenters. The van der Waals surface area contributed by atoms with E-state index in [0.29, 0.717) is 31.6 Å². The van der Waals surface area contributed by atoms with E-state index in [0.717, 1.165) is 36.7 Å². The van der Waals surface area contributed by atoms with Crippen molar-refractivity contribution in [3.05, 3.63) is 71.3 Å². The zero-order valence-corrected chi connectivity index (χ0v) is 16.1. The fourth-order valence-corrected chi connectivity index (χ4v) is 3.50. The molecule has 0 N–H and O–H groups in total.